The Morgan fingerprint density at radius 2 is 1.67 bits per heavy atom. The maximum atomic E-state index is 2.70. The minimum absolute atomic E-state index is 0.694. The van der Waals surface area contributed by atoms with Crippen LogP contribution in [0.5, 0.6) is 0 Å². The van der Waals surface area contributed by atoms with Gasteiger partial charge in [-0.15, -0.1) is 0 Å². The van der Waals surface area contributed by atoms with Crippen molar-refractivity contribution in [2.75, 3.05) is 57.8 Å². The molecule has 4 rings (SSSR count). The number of piperidine rings is 1. The van der Waals surface area contributed by atoms with E-state index in [9.17, 15) is 0 Å². The van der Waals surface area contributed by atoms with Gasteiger partial charge < -0.3 is 14.7 Å². The first kappa shape index (κ1) is 13.6. The maximum Gasteiger partial charge on any atom is 0.0366 e. The Morgan fingerprint density at radius 1 is 1.00 bits per heavy atom. The van der Waals surface area contributed by atoms with Gasteiger partial charge in [0.05, 0.1) is 0 Å². The molecule has 3 fully saturated rings. The van der Waals surface area contributed by atoms with Crippen LogP contribution in [0.25, 0.3) is 0 Å². The van der Waals surface area contributed by atoms with E-state index in [4.69, 9.17) is 0 Å². The monoisotopic (exact) mass is 285 g/mol. The van der Waals surface area contributed by atoms with E-state index in [0.717, 1.165) is 5.92 Å². The average molecular weight is 285 g/mol. The number of nitrogens with zero attached hydrogens (tertiary/aromatic N) is 3. The largest absolute Gasteiger partial charge is 0.372 e. The van der Waals surface area contributed by atoms with Gasteiger partial charge in [-0.25, -0.2) is 0 Å². The van der Waals surface area contributed by atoms with Crippen LogP contribution in [0.4, 0.5) is 5.69 Å². The third-order valence-electron chi connectivity index (χ3n) is 5.58. The van der Waals surface area contributed by atoms with E-state index in [0.29, 0.717) is 5.41 Å². The molecule has 3 heteroatoms. The van der Waals surface area contributed by atoms with Gasteiger partial charge in [-0.2, -0.15) is 0 Å². The lowest BCUT2D eigenvalue weighted by Crippen LogP contribution is -2.71. The Labute approximate surface area is 128 Å². The minimum Gasteiger partial charge on any atom is -0.372 e. The second-order valence-electron chi connectivity index (χ2n) is 7.61. The van der Waals surface area contributed by atoms with E-state index in [-0.39, 0.29) is 0 Å². The van der Waals surface area contributed by atoms with Crippen LogP contribution in [-0.4, -0.2) is 62.7 Å². The molecule has 1 spiro atoms. The summed E-state index contributed by atoms with van der Waals surface area (Å²) in [5.74, 6) is 0.917. The van der Waals surface area contributed by atoms with Crippen LogP contribution in [0.3, 0.4) is 0 Å². The molecule has 0 unspecified atom stereocenters. The maximum absolute atomic E-state index is 2.70. The lowest BCUT2D eigenvalue weighted by molar-refractivity contribution is -0.109. The zero-order chi connectivity index (χ0) is 14.3. The van der Waals surface area contributed by atoms with Crippen LogP contribution in [0, 0.1) is 11.3 Å². The van der Waals surface area contributed by atoms with Crippen molar-refractivity contribution in [2.24, 2.45) is 11.3 Å². The lowest BCUT2D eigenvalue weighted by Gasteiger charge is -2.60. The highest BCUT2D eigenvalue weighted by Gasteiger charge is 2.50. The second kappa shape index (κ2) is 5.29. The molecule has 0 N–H and O–H groups in total. The van der Waals surface area contributed by atoms with Gasteiger partial charge in [-0.3, -0.25) is 0 Å². The molecule has 3 aliphatic heterocycles. The highest BCUT2D eigenvalue weighted by atomic mass is 15.3. The molecule has 3 heterocycles. The summed E-state index contributed by atoms with van der Waals surface area (Å²) in [6, 6.07) is 10.9. The van der Waals surface area contributed by atoms with Crippen molar-refractivity contribution >= 4 is 5.69 Å². The van der Waals surface area contributed by atoms with Crippen molar-refractivity contribution in [3.63, 3.8) is 0 Å². The summed E-state index contributed by atoms with van der Waals surface area (Å²) in [6.45, 7) is 9.18. The van der Waals surface area contributed by atoms with Gasteiger partial charge in [-0.1, -0.05) is 18.2 Å². The minimum atomic E-state index is 0.694. The predicted octanol–water partition coefficient (Wildman–Crippen LogP) is 2.15. The second-order valence-corrected chi connectivity index (χ2v) is 7.61. The number of anilines is 1. The van der Waals surface area contributed by atoms with Crippen LogP contribution >= 0.6 is 0 Å². The topological polar surface area (TPSA) is 9.72 Å². The Balaban J connectivity index is 1.22. The molecule has 21 heavy (non-hydrogen) atoms. The molecule has 0 amide bonds. The van der Waals surface area contributed by atoms with E-state index in [1.165, 1.54) is 64.3 Å². The fourth-order valence-corrected chi connectivity index (χ4v) is 4.71. The standard InChI is InChI=1S/C18H27N3/c1-19-12-18(13-19)14-20(15-18)11-16-7-9-21(10-8-16)17-5-3-2-4-6-17/h2-6,16H,7-15H2,1H3. The van der Waals surface area contributed by atoms with E-state index >= 15 is 0 Å². The summed E-state index contributed by atoms with van der Waals surface area (Å²) in [5, 5.41) is 0. The molecule has 1 aromatic carbocycles. The number of rotatable bonds is 3. The Kier molecular flexibility index (Phi) is 3.43. The summed E-state index contributed by atoms with van der Waals surface area (Å²) in [4.78, 5) is 7.71. The van der Waals surface area contributed by atoms with Gasteiger partial charge in [0.1, 0.15) is 0 Å². The molecule has 0 bridgehead atoms. The zero-order valence-electron chi connectivity index (χ0n) is 13.2. The normalized spacial score (nSPS) is 26.6. The van der Waals surface area contributed by atoms with Crippen molar-refractivity contribution in [1.29, 1.82) is 0 Å². The van der Waals surface area contributed by atoms with Crippen LogP contribution in [-0.2, 0) is 0 Å². The molecular weight excluding hydrogens is 258 g/mol. The first-order chi connectivity index (χ1) is 10.2. The van der Waals surface area contributed by atoms with E-state index < -0.39 is 0 Å². The van der Waals surface area contributed by atoms with Gasteiger partial charge in [0.15, 0.2) is 0 Å². The third kappa shape index (κ3) is 2.69. The first-order valence-corrected chi connectivity index (χ1v) is 8.43. The predicted molar refractivity (Wildman–Crippen MR) is 87.7 cm³/mol. The fourth-order valence-electron chi connectivity index (χ4n) is 4.71. The summed E-state index contributed by atoms with van der Waals surface area (Å²) in [5.41, 5.74) is 2.09. The van der Waals surface area contributed by atoms with Gasteiger partial charge in [0, 0.05) is 56.9 Å². The highest BCUT2D eigenvalue weighted by Crippen LogP contribution is 2.39. The molecule has 3 aliphatic rings. The zero-order valence-corrected chi connectivity index (χ0v) is 13.2. The van der Waals surface area contributed by atoms with Crippen LogP contribution in [0.1, 0.15) is 12.8 Å². The number of hydrogen-bond acceptors (Lipinski definition) is 3. The van der Waals surface area contributed by atoms with Gasteiger partial charge in [-0.05, 0) is 37.9 Å². The SMILES string of the molecule is CN1CC2(C1)CN(CC1CCN(c3ccccc3)CC1)C2. The van der Waals surface area contributed by atoms with Crippen molar-refractivity contribution in [2.45, 2.75) is 12.8 Å². The van der Waals surface area contributed by atoms with Crippen LogP contribution in [0.15, 0.2) is 30.3 Å². The lowest BCUT2D eigenvalue weighted by atomic mass is 9.72. The number of para-hydroxylation sites is 1. The highest BCUT2D eigenvalue weighted by molar-refractivity contribution is 5.46. The van der Waals surface area contributed by atoms with Crippen molar-refractivity contribution in [3.05, 3.63) is 30.3 Å². The quantitative estimate of drug-likeness (QED) is 0.842. The number of likely N-dealkylation sites (tertiary alicyclic amines) is 2. The van der Waals surface area contributed by atoms with Gasteiger partial charge in [0.2, 0.25) is 0 Å². The molecule has 0 atom stereocenters. The molecule has 0 radical (unpaired) electrons. The summed E-state index contributed by atoms with van der Waals surface area (Å²) in [6.07, 6.45) is 2.72. The fraction of sp³-hybridized carbons (Fsp3) is 0.667. The van der Waals surface area contributed by atoms with Crippen LogP contribution < -0.4 is 4.90 Å². The molecule has 0 aromatic heterocycles. The van der Waals surface area contributed by atoms with E-state index in [1.807, 2.05) is 0 Å². The molecular formula is C18H27N3. The van der Waals surface area contributed by atoms with Crippen molar-refractivity contribution < 1.29 is 0 Å². The Morgan fingerprint density at radius 3 is 2.29 bits per heavy atom. The van der Waals surface area contributed by atoms with Gasteiger partial charge >= 0.3 is 0 Å². The molecule has 0 saturated carbocycles. The molecule has 0 aliphatic carbocycles. The molecule has 114 valence electrons. The molecule has 1 aromatic rings. The van der Waals surface area contributed by atoms with Gasteiger partial charge in [0.25, 0.3) is 0 Å². The summed E-state index contributed by atoms with van der Waals surface area (Å²) < 4.78 is 0. The van der Waals surface area contributed by atoms with E-state index in [1.54, 1.807) is 0 Å². The Hall–Kier alpha value is -1.06. The van der Waals surface area contributed by atoms with Crippen molar-refractivity contribution in [3.8, 4) is 0 Å². The summed E-state index contributed by atoms with van der Waals surface area (Å²) in [7, 11) is 2.24. The Bertz CT molecular complexity index is 464. The molecule has 3 saturated heterocycles. The number of hydrogen-bond donors (Lipinski definition) is 0. The van der Waals surface area contributed by atoms with E-state index in [2.05, 4.69) is 52.1 Å². The smallest absolute Gasteiger partial charge is 0.0366 e. The third-order valence-corrected chi connectivity index (χ3v) is 5.58. The van der Waals surface area contributed by atoms with Crippen molar-refractivity contribution in [1.82, 2.24) is 9.80 Å². The average Bonchev–Trinajstić information content (AvgIpc) is 2.45. The number of benzene rings is 1. The van der Waals surface area contributed by atoms with Crippen LogP contribution in [0.2, 0.25) is 0 Å². The first-order valence-electron chi connectivity index (χ1n) is 8.43. The molecule has 3 nitrogen and oxygen atoms in total. The summed E-state index contributed by atoms with van der Waals surface area (Å²) >= 11 is 0.